The van der Waals surface area contributed by atoms with E-state index in [-0.39, 0.29) is 4.90 Å². The van der Waals surface area contributed by atoms with Gasteiger partial charge in [-0.1, -0.05) is 34.1 Å². The molecule has 0 heterocycles. The number of nitrogens with one attached hydrogen (secondary N) is 1. The third kappa shape index (κ3) is 4.69. The van der Waals surface area contributed by atoms with Crippen LogP contribution in [0.4, 0.5) is 5.69 Å². The van der Waals surface area contributed by atoms with E-state index in [0.29, 0.717) is 11.3 Å². The second kappa shape index (κ2) is 7.09. The normalized spacial score (nSPS) is 11.5. The van der Waals surface area contributed by atoms with Gasteiger partial charge in [0.15, 0.2) is 0 Å². The van der Waals surface area contributed by atoms with Crippen LogP contribution in [0.15, 0.2) is 64.0 Å². The van der Waals surface area contributed by atoms with Gasteiger partial charge in [0.2, 0.25) is 5.24 Å². The number of carbonyl (C=O) groups is 1. The first-order chi connectivity index (χ1) is 10.4. The lowest BCUT2D eigenvalue weighted by Gasteiger charge is -2.08. The quantitative estimate of drug-likeness (QED) is 0.609. The molecule has 0 aliphatic rings. The first-order valence-electron chi connectivity index (χ1n) is 6.13. The molecule has 2 rings (SSSR count). The molecular weight excluding hydrogens is 390 g/mol. The fourth-order valence-electron chi connectivity index (χ4n) is 1.68. The van der Waals surface area contributed by atoms with Crippen molar-refractivity contribution in [2.45, 2.75) is 4.90 Å². The Morgan fingerprint density at radius 3 is 2.45 bits per heavy atom. The molecule has 4 nitrogen and oxygen atoms in total. The van der Waals surface area contributed by atoms with Gasteiger partial charge >= 0.3 is 0 Å². The largest absolute Gasteiger partial charge is 0.280 e. The number of carbonyl (C=O) groups excluding carboxylic acids is 1. The molecule has 0 bridgehead atoms. The molecule has 0 fully saturated rings. The Kier molecular flexibility index (Phi) is 5.39. The van der Waals surface area contributed by atoms with Crippen LogP contribution in [-0.2, 0) is 14.8 Å². The summed E-state index contributed by atoms with van der Waals surface area (Å²) >= 11 is 8.50. The molecule has 0 saturated carbocycles. The summed E-state index contributed by atoms with van der Waals surface area (Å²) in [7, 11) is -3.70. The van der Waals surface area contributed by atoms with Crippen LogP contribution in [0.2, 0.25) is 0 Å². The van der Waals surface area contributed by atoms with Crippen molar-refractivity contribution in [3.8, 4) is 0 Å². The molecule has 2 aromatic rings. The average molecular weight is 401 g/mol. The first-order valence-corrected chi connectivity index (χ1v) is 8.78. The molecule has 22 heavy (non-hydrogen) atoms. The monoisotopic (exact) mass is 399 g/mol. The highest BCUT2D eigenvalue weighted by Crippen LogP contribution is 2.19. The maximum Gasteiger partial charge on any atom is 0.261 e. The zero-order valence-corrected chi connectivity index (χ0v) is 14.3. The van der Waals surface area contributed by atoms with E-state index in [4.69, 9.17) is 11.6 Å². The average Bonchev–Trinajstić information content (AvgIpc) is 2.48. The molecule has 0 atom stereocenters. The molecule has 0 aliphatic carbocycles. The molecule has 1 N–H and O–H groups in total. The van der Waals surface area contributed by atoms with Crippen LogP contribution in [0.5, 0.6) is 0 Å². The van der Waals surface area contributed by atoms with Crippen molar-refractivity contribution >= 4 is 54.6 Å². The summed E-state index contributed by atoms with van der Waals surface area (Å²) in [6.07, 6.45) is 2.61. The molecule has 0 aromatic heterocycles. The van der Waals surface area contributed by atoms with Gasteiger partial charge in [-0.3, -0.25) is 9.52 Å². The van der Waals surface area contributed by atoms with E-state index < -0.39 is 15.3 Å². The Bertz CT molecular complexity index is 817. The van der Waals surface area contributed by atoms with Gasteiger partial charge in [0.25, 0.3) is 10.0 Å². The van der Waals surface area contributed by atoms with E-state index in [1.807, 2.05) is 0 Å². The number of hydrogen-bond donors (Lipinski definition) is 1. The number of anilines is 1. The van der Waals surface area contributed by atoms with Gasteiger partial charge in [0, 0.05) is 10.2 Å². The topological polar surface area (TPSA) is 63.2 Å². The summed E-state index contributed by atoms with van der Waals surface area (Å²) in [6, 6.07) is 13.0. The third-order valence-electron chi connectivity index (χ3n) is 2.67. The van der Waals surface area contributed by atoms with Gasteiger partial charge in [-0.25, -0.2) is 8.42 Å². The molecule has 0 unspecified atom stereocenters. The molecule has 0 amide bonds. The number of benzene rings is 2. The number of rotatable bonds is 5. The number of halogens is 2. The van der Waals surface area contributed by atoms with Crippen LogP contribution in [-0.4, -0.2) is 13.7 Å². The number of allylic oxidation sites excluding steroid dienone is 1. The minimum absolute atomic E-state index is 0.0968. The summed E-state index contributed by atoms with van der Waals surface area (Å²) in [5.41, 5.74) is 1.02. The van der Waals surface area contributed by atoms with Crippen molar-refractivity contribution in [1.29, 1.82) is 0 Å². The molecule has 2 aromatic carbocycles. The fourth-order valence-corrected chi connectivity index (χ4v) is 3.12. The van der Waals surface area contributed by atoms with Crippen LogP contribution in [0.1, 0.15) is 5.56 Å². The van der Waals surface area contributed by atoms with Gasteiger partial charge in [-0.05, 0) is 59.6 Å². The van der Waals surface area contributed by atoms with Gasteiger partial charge in [-0.2, -0.15) is 0 Å². The Balaban J connectivity index is 2.27. The summed E-state index contributed by atoms with van der Waals surface area (Å²) in [6.45, 7) is 0. The zero-order valence-electron chi connectivity index (χ0n) is 11.2. The lowest BCUT2D eigenvalue weighted by Crippen LogP contribution is -2.12. The maximum absolute atomic E-state index is 12.3. The van der Waals surface area contributed by atoms with Crippen molar-refractivity contribution in [3.05, 3.63) is 64.6 Å². The van der Waals surface area contributed by atoms with E-state index in [2.05, 4.69) is 20.7 Å². The van der Waals surface area contributed by atoms with Crippen LogP contribution in [0, 0.1) is 0 Å². The van der Waals surface area contributed by atoms with Crippen molar-refractivity contribution < 1.29 is 13.2 Å². The molecule has 0 spiro atoms. The fraction of sp³-hybridized carbons (Fsp3) is 0. The zero-order chi connectivity index (χ0) is 16.2. The van der Waals surface area contributed by atoms with E-state index >= 15 is 0 Å². The van der Waals surface area contributed by atoms with Crippen LogP contribution in [0.25, 0.3) is 6.08 Å². The lowest BCUT2D eigenvalue weighted by molar-refractivity contribution is -0.107. The predicted molar refractivity (Wildman–Crippen MR) is 91.3 cm³/mol. The second-order valence-electron chi connectivity index (χ2n) is 4.32. The van der Waals surface area contributed by atoms with E-state index in [9.17, 15) is 13.2 Å². The third-order valence-corrected chi connectivity index (χ3v) is 4.71. The molecule has 114 valence electrons. The Morgan fingerprint density at radius 1 is 1.14 bits per heavy atom. The van der Waals surface area contributed by atoms with E-state index in [1.165, 1.54) is 18.2 Å². The predicted octanol–water partition coefficient (Wildman–Crippen LogP) is 4.03. The minimum atomic E-state index is -3.70. The van der Waals surface area contributed by atoms with Crippen LogP contribution < -0.4 is 4.72 Å². The van der Waals surface area contributed by atoms with Crippen LogP contribution in [0.3, 0.4) is 0 Å². The van der Waals surface area contributed by atoms with Gasteiger partial charge in [0.05, 0.1) is 4.90 Å². The SMILES string of the molecule is O=C(Cl)C=Cc1cccc(S(=O)(=O)Nc2ccc(Br)cc2)c1. The molecule has 0 aliphatic heterocycles. The Labute approximate surface area is 142 Å². The molecular formula is C15H11BrClNO3S. The molecule has 0 radical (unpaired) electrons. The highest BCUT2D eigenvalue weighted by molar-refractivity contribution is 9.10. The molecule has 0 saturated heterocycles. The maximum atomic E-state index is 12.3. The Hall–Kier alpha value is -1.63. The lowest BCUT2D eigenvalue weighted by atomic mass is 10.2. The standard InChI is InChI=1S/C15H11BrClNO3S/c16-12-5-7-13(8-6-12)18-22(20,21)14-3-1-2-11(10-14)4-9-15(17)19/h1-10,18H. The summed E-state index contributed by atoms with van der Waals surface area (Å²) in [5.74, 6) is 0. The van der Waals surface area contributed by atoms with E-state index in [0.717, 1.165) is 10.5 Å². The Morgan fingerprint density at radius 2 is 1.82 bits per heavy atom. The van der Waals surface area contributed by atoms with Crippen molar-refractivity contribution in [3.63, 3.8) is 0 Å². The van der Waals surface area contributed by atoms with Crippen molar-refractivity contribution in [2.75, 3.05) is 4.72 Å². The van der Waals surface area contributed by atoms with Gasteiger partial charge < -0.3 is 0 Å². The minimum Gasteiger partial charge on any atom is -0.280 e. The molecule has 7 heteroatoms. The highest BCUT2D eigenvalue weighted by atomic mass is 79.9. The second-order valence-corrected chi connectivity index (χ2v) is 7.29. The number of sulfonamides is 1. The van der Waals surface area contributed by atoms with Gasteiger partial charge in [0.1, 0.15) is 0 Å². The van der Waals surface area contributed by atoms with Crippen molar-refractivity contribution in [1.82, 2.24) is 0 Å². The summed E-state index contributed by atoms with van der Waals surface area (Å²) in [5, 5.41) is -0.624. The van der Waals surface area contributed by atoms with Gasteiger partial charge in [-0.15, -0.1) is 0 Å². The van der Waals surface area contributed by atoms with Crippen LogP contribution >= 0.6 is 27.5 Å². The summed E-state index contributed by atoms with van der Waals surface area (Å²) < 4.78 is 28.0. The van der Waals surface area contributed by atoms with Crippen molar-refractivity contribution in [2.24, 2.45) is 0 Å². The first kappa shape index (κ1) is 16.7. The van der Waals surface area contributed by atoms with E-state index in [1.54, 1.807) is 36.4 Å². The smallest absolute Gasteiger partial charge is 0.261 e. The summed E-state index contributed by atoms with van der Waals surface area (Å²) in [4.78, 5) is 10.8. The highest BCUT2D eigenvalue weighted by Gasteiger charge is 2.14. The number of hydrogen-bond acceptors (Lipinski definition) is 3.